The molecule has 8 heteroatoms. The van der Waals surface area contributed by atoms with Crippen molar-refractivity contribution in [1.29, 1.82) is 0 Å². The van der Waals surface area contributed by atoms with Gasteiger partial charge in [-0.25, -0.2) is 8.42 Å². The Bertz CT molecular complexity index is 1230. The minimum Gasteiger partial charge on any atom is -0.372 e. The molecule has 2 aromatic heterocycles. The van der Waals surface area contributed by atoms with Crippen LogP contribution >= 0.6 is 0 Å². The summed E-state index contributed by atoms with van der Waals surface area (Å²) in [5.74, 6) is 0.345. The number of fused-ring (bicyclic) bond motifs is 4. The lowest BCUT2D eigenvalue weighted by Gasteiger charge is -2.46. The summed E-state index contributed by atoms with van der Waals surface area (Å²) in [6, 6.07) is 8.49. The maximum absolute atomic E-state index is 13.2. The van der Waals surface area contributed by atoms with Crippen molar-refractivity contribution < 1.29 is 12.9 Å². The molecule has 1 spiro atoms. The SMILES string of the molecule is Cc1ccc2c(c1C)-n1cccc1C1(CCN(S(=O)(=O)c3c(C)noc3C)CC1)N2. The number of piperidine rings is 1. The van der Waals surface area contributed by atoms with Crippen LogP contribution < -0.4 is 5.32 Å². The maximum Gasteiger partial charge on any atom is 0.248 e. The first-order valence-electron chi connectivity index (χ1n) is 10.2. The quantitative estimate of drug-likeness (QED) is 0.674. The van der Waals surface area contributed by atoms with Crippen LogP contribution in [-0.2, 0) is 15.6 Å². The van der Waals surface area contributed by atoms with Crippen molar-refractivity contribution in [2.75, 3.05) is 18.4 Å². The number of hydrogen-bond acceptors (Lipinski definition) is 5. The molecule has 0 saturated carbocycles. The highest BCUT2D eigenvalue weighted by Crippen LogP contribution is 2.45. The van der Waals surface area contributed by atoms with Crippen molar-refractivity contribution in [3.05, 3.63) is 58.7 Å². The molecule has 5 rings (SSSR count). The summed E-state index contributed by atoms with van der Waals surface area (Å²) in [7, 11) is -3.63. The fourth-order valence-electron chi connectivity index (χ4n) is 4.96. The molecule has 30 heavy (non-hydrogen) atoms. The van der Waals surface area contributed by atoms with Crippen molar-refractivity contribution in [1.82, 2.24) is 14.0 Å². The van der Waals surface area contributed by atoms with Gasteiger partial charge in [0.25, 0.3) is 0 Å². The van der Waals surface area contributed by atoms with Gasteiger partial charge in [-0.3, -0.25) is 0 Å². The first-order valence-corrected chi connectivity index (χ1v) is 11.7. The van der Waals surface area contributed by atoms with Crippen molar-refractivity contribution in [2.45, 2.75) is 51.0 Å². The highest BCUT2D eigenvalue weighted by atomic mass is 32.2. The van der Waals surface area contributed by atoms with E-state index in [1.165, 1.54) is 22.5 Å². The largest absolute Gasteiger partial charge is 0.372 e. The van der Waals surface area contributed by atoms with Gasteiger partial charge in [-0.05, 0) is 69.9 Å². The molecule has 1 fully saturated rings. The molecule has 0 radical (unpaired) electrons. The highest BCUT2D eigenvalue weighted by molar-refractivity contribution is 7.89. The summed E-state index contributed by atoms with van der Waals surface area (Å²) in [6.07, 6.45) is 3.48. The monoisotopic (exact) mass is 426 g/mol. The molecule has 0 atom stereocenters. The summed E-state index contributed by atoms with van der Waals surface area (Å²) < 4.78 is 35.4. The third-order valence-corrected chi connectivity index (χ3v) is 8.84. The van der Waals surface area contributed by atoms with Gasteiger partial charge in [0.05, 0.1) is 16.9 Å². The zero-order chi connectivity index (χ0) is 21.3. The van der Waals surface area contributed by atoms with Gasteiger partial charge in [0.1, 0.15) is 10.6 Å². The van der Waals surface area contributed by atoms with Crippen LogP contribution in [0.4, 0.5) is 5.69 Å². The van der Waals surface area contributed by atoms with E-state index in [1.807, 2.05) is 0 Å². The third-order valence-electron chi connectivity index (χ3n) is 6.70. The Hall–Kier alpha value is -2.58. The Kier molecular flexibility index (Phi) is 4.17. The summed E-state index contributed by atoms with van der Waals surface area (Å²) in [4.78, 5) is 0.204. The van der Waals surface area contributed by atoms with Crippen molar-refractivity contribution >= 4 is 15.7 Å². The van der Waals surface area contributed by atoms with E-state index >= 15 is 0 Å². The molecule has 1 aromatic carbocycles. The number of hydrogen-bond donors (Lipinski definition) is 1. The maximum atomic E-state index is 13.2. The normalized spacial score (nSPS) is 18.1. The zero-order valence-corrected chi connectivity index (χ0v) is 18.5. The van der Waals surface area contributed by atoms with Gasteiger partial charge in [-0.2, -0.15) is 4.31 Å². The Morgan fingerprint density at radius 1 is 1.10 bits per heavy atom. The molecule has 3 aromatic rings. The molecule has 4 heterocycles. The molecule has 1 saturated heterocycles. The second kappa shape index (κ2) is 6.46. The highest BCUT2D eigenvalue weighted by Gasteiger charge is 2.45. The van der Waals surface area contributed by atoms with Crippen LogP contribution in [0.15, 0.2) is 39.9 Å². The minimum absolute atomic E-state index is 0.204. The summed E-state index contributed by atoms with van der Waals surface area (Å²) in [6.45, 7) is 8.47. The lowest BCUT2D eigenvalue weighted by Crippen LogP contribution is -2.51. The number of aromatic nitrogens is 2. The van der Waals surface area contributed by atoms with Gasteiger partial charge in [-0.1, -0.05) is 11.2 Å². The number of aryl methyl sites for hydroxylation is 3. The fraction of sp³-hybridized carbons (Fsp3) is 0.409. The van der Waals surface area contributed by atoms with Crippen LogP contribution in [0.5, 0.6) is 0 Å². The van der Waals surface area contributed by atoms with Crippen molar-refractivity contribution in [3.63, 3.8) is 0 Å². The predicted octanol–water partition coefficient (Wildman–Crippen LogP) is 3.80. The second-order valence-corrected chi connectivity index (χ2v) is 10.3. The molecule has 2 aliphatic heterocycles. The number of anilines is 1. The standard InChI is InChI=1S/C22H26N4O3S/c1-14-7-8-18-20(15(14)2)26-11-5-6-19(26)22(23-18)9-12-25(13-10-22)30(27,28)21-16(3)24-29-17(21)4/h5-8,11,23H,9-10,12-13H2,1-4H3. The van der Waals surface area contributed by atoms with E-state index in [9.17, 15) is 8.42 Å². The van der Waals surface area contributed by atoms with Crippen LogP contribution in [-0.4, -0.2) is 35.5 Å². The van der Waals surface area contributed by atoms with Crippen LogP contribution in [0.2, 0.25) is 0 Å². The second-order valence-electron chi connectivity index (χ2n) is 8.43. The Morgan fingerprint density at radius 2 is 1.83 bits per heavy atom. The minimum atomic E-state index is -3.63. The van der Waals surface area contributed by atoms with E-state index in [0.29, 0.717) is 37.4 Å². The molecule has 2 aliphatic rings. The van der Waals surface area contributed by atoms with Gasteiger partial charge in [0, 0.05) is 25.0 Å². The van der Waals surface area contributed by atoms with Gasteiger partial charge < -0.3 is 14.4 Å². The van der Waals surface area contributed by atoms with Gasteiger partial charge in [-0.15, -0.1) is 0 Å². The molecular weight excluding hydrogens is 400 g/mol. The number of benzene rings is 1. The summed E-state index contributed by atoms with van der Waals surface area (Å²) in [5.41, 5.74) is 6.12. The van der Waals surface area contributed by atoms with Gasteiger partial charge in [0.2, 0.25) is 10.0 Å². The Labute approximate surface area is 176 Å². The van der Waals surface area contributed by atoms with E-state index < -0.39 is 10.0 Å². The number of sulfonamides is 1. The zero-order valence-electron chi connectivity index (χ0n) is 17.7. The first kappa shape index (κ1) is 19.4. The molecule has 7 nitrogen and oxygen atoms in total. The van der Waals surface area contributed by atoms with Crippen LogP contribution in [0.3, 0.4) is 0 Å². The first-order chi connectivity index (χ1) is 14.2. The molecule has 0 aliphatic carbocycles. The number of nitrogens with one attached hydrogen (secondary N) is 1. The average Bonchev–Trinajstić information content (AvgIpc) is 3.33. The molecule has 0 bridgehead atoms. The van der Waals surface area contributed by atoms with Crippen LogP contribution in [0.1, 0.15) is 41.1 Å². The van der Waals surface area contributed by atoms with Crippen molar-refractivity contribution in [2.24, 2.45) is 0 Å². The Morgan fingerprint density at radius 3 is 2.50 bits per heavy atom. The van der Waals surface area contributed by atoms with Crippen LogP contribution in [0, 0.1) is 27.7 Å². The third kappa shape index (κ3) is 2.60. The lowest BCUT2D eigenvalue weighted by molar-refractivity contribution is 0.247. The number of rotatable bonds is 2. The lowest BCUT2D eigenvalue weighted by atomic mass is 9.82. The topological polar surface area (TPSA) is 80.4 Å². The summed E-state index contributed by atoms with van der Waals surface area (Å²) in [5, 5.41) is 7.61. The molecule has 0 amide bonds. The molecule has 0 unspecified atom stereocenters. The Balaban J connectivity index is 1.49. The summed E-state index contributed by atoms with van der Waals surface area (Å²) >= 11 is 0. The average molecular weight is 427 g/mol. The van der Waals surface area contributed by atoms with E-state index in [4.69, 9.17) is 4.52 Å². The van der Waals surface area contributed by atoms with E-state index in [2.05, 4.69) is 59.4 Å². The fourth-order valence-corrected chi connectivity index (χ4v) is 6.69. The predicted molar refractivity (Wildman–Crippen MR) is 115 cm³/mol. The number of nitrogens with zero attached hydrogens (tertiary/aromatic N) is 3. The van der Waals surface area contributed by atoms with Crippen molar-refractivity contribution in [3.8, 4) is 5.69 Å². The van der Waals surface area contributed by atoms with Gasteiger partial charge >= 0.3 is 0 Å². The molecule has 1 N–H and O–H groups in total. The molecule has 158 valence electrons. The van der Waals surface area contributed by atoms with E-state index in [-0.39, 0.29) is 10.4 Å². The van der Waals surface area contributed by atoms with Gasteiger partial charge in [0.15, 0.2) is 5.76 Å². The van der Waals surface area contributed by atoms with E-state index in [0.717, 1.165) is 5.69 Å². The van der Waals surface area contributed by atoms with E-state index in [1.54, 1.807) is 18.2 Å². The smallest absolute Gasteiger partial charge is 0.248 e. The molecular formula is C22H26N4O3S. The van der Waals surface area contributed by atoms with Crippen LogP contribution in [0.25, 0.3) is 5.69 Å².